The van der Waals surface area contributed by atoms with E-state index >= 15 is 0 Å². The summed E-state index contributed by atoms with van der Waals surface area (Å²) in [6.45, 7) is 6.49. The quantitative estimate of drug-likeness (QED) is 0.836. The van der Waals surface area contributed by atoms with Gasteiger partial charge in [-0.1, -0.05) is 30.3 Å². The molecule has 1 fully saturated rings. The van der Waals surface area contributed by atoms with Crippen molar-refractivity contribution >= 4 is 11.6 Å². The number of amides is 1. The average Bonchev–Trinajstić information content (AvgIpc) is 2.63. The maximum atomic E-state index is 11.4. The number of rotatable bonds is 6. The molecule has 1 unspecified atom stereocenters. The summed E-state index contributed by atoms with van der Waals surface area (Å²) in [4.78, 5) is 13.9. The zero-order valence-electron chi connectivity index (χ0n) is 15.7. The first-order valence-corrected chi connectivity index (χ1v) is 9.48. The summed E-state index contributed by atoms with van der Waals surface area (Å²) in [5, 5.41) is 3.62. The lowest BCUT2D eigenvalue weighted by Crippen LogP contribution is -2.44. The summed E-state index contributed by atoms with van der Waals surface area (Å²) >= 11 is 0. The summed E-state index contributed by atoms with van der Waals surface area (Å²) in [5.74, 6) is -0.366. The maximum absolute atomic E-state index is 11.4. The molecule has 4 heteroatoms. The fraction of sp³-hybridized carbons (Fsp3) is 0.409. The van der Waals surface area contributed by atoms with Crippen molar-refractivity contribution in [2.75, 3.05) is 18.4 Å². The lowest BCUT2D eigenvalue weighted by molar-refractivity contribution is 0.1000. The molecule has 26 heavy (non-hydrogen) atoms. The van der Waals surface area contributed by atoms with E-state index in [-0.39, 0.29) is 5.91 Å². The number of carbonyl (C=O) groups excluding carboxylic acids is 1. The van der Waals surface area contributed by atoms with Gasteiger partial charge in [0.1, 0.15) is 0 Å². The van der Waals surface area contributed by atoms with Gasteiger partial charge in [-0.2, -0.15) is 0 Å². The third-order valence-corrected chi connectivity index (χ3v) is 5.39. The molecule has 0 radical (unpaired) electrons. The van der Waals surface area contributed by atoms with Gasteiger partial charge in [-0.25, -0.2) is 0 Å². The van der Waals surface area contributed by atoms with E-state index in [9.17, 15) is 4.79 Å². The van der Waals surface area contributed by atoms with Crippen molar-refractivity contribution in [3.05, 3.63) is 65.2 Å². The predicted octanol–water partition coefficient (Wildman–Crippen LogP) is 3.60. The zero-order chi connectivity index (χ0) is 18.5. The number of nitrogens with two attached hydrogens (primary N) is 1. The van der Waals surface area contributed by atoms with Gasteiger partial charge in [-0.15, -0.1) is 0 Å². The first kappa shape index (κ1) is 18.5. The highest BCUT2D eigenvalue weighted by atomic mass is 16.1. The Morgan fingerprint density at radius 2 is 1.88 bits per heavy atom. The minimum Gasteiger partial charge on any atom is -0.382 e. The fourth-order valence-electron chi connectivity index (χ4n) is 3.83. The van der Waals surface area contributed by atoms with E-state index in [1.807, 2.05) is 25.1 Å². The molecule has 1 saturated heterocycles. The Kier molecular flexibility index (Phi) is 5.94. The van der Waals surface area contributed by atoms with Crippen molar-refractivity contribution < 1.29 is 4.79 Å². The Morgan fingerprint density at radius 1 is 1.19 bits per heavy atom. The first-order chi connectivity index (χ1) is 12.5. The topological polar surface area (TPSA) is 58.4 Å². The molecule has 4 nitrogen and oxygen atoms in total. The predicted molar refractivity (Wildman–Crippen MR) is 108 cm³/mol. The van der Waals surface area contributed by atoms with E-state index in [4.69, 9.17) is 5.73 Å². The van der Waals surface area contributed by atoms with Crippen LogP contribution < -0.4 is 11.1 Å². The summed E-state index contributed by atoms with van der Waals surface area (Å²) < 4.78 is 0. The van der Waals surface area contributed by atoms with Crippen LogP contribution in [0.4, 0.5) is 5.69 Å². The van der Waals surface area contributed by atoms with Crippen molar-refractivity contribution in [2.45, 2.75) is 45.2 Å². The molecule has 2 aromatic carbocycles. The molecule has 1 atom stereocenters. The summed E-state index contributed by atoms with van der Waals surface area (Å²) in [6, 6.07) is 17.6. The number of primary amides is 1. The number of hydrogen-bond acceptors (Lipinski definition) is 3. The number of hydrogen-bond donors (Lipinski definition) is 2. The third-order valence-electron chi connectivity index (χ3n) is 5.39. The largest absolute Gasteiger partial charge is 0.382 e. The van der Waals surface area contributed by atoms with Gasteiger partial charge in [0.2, 0.25) is 5.91 Å². The van der Waals surface area contributed by atoms with Gasteiger partial charge < -0.3 is 16.0 Å². The van der Waals surface area contributed by atoms with Crippen LogP contribution in [0.3, 0.4) is 0 Å². The smallest absolute Gasteiger partial charge is 0.248 e. The number of benzene rings is 2. The second-order valence-corrected chi connectivity index (χ2v) is 7.39. The van der Waals surface area contributed by atoms with Gasteiger partial charge in [0, 0.05) is 36.4 Å². The molecule has 0 bridgehead atoms. The number of carbonyl (C=O) groups is 1. The highest BCUT2D eigenvalue weighted by Gasteiger charge is 2.22. The molecule has 1 aliphatic rings. The second kappa shape index (κ2) is 8.37. The van der Waals surface area contributed by atoms with Gasteiger partial charge in [0.15, 0.2) is 0 Å². The molecule has 1 amide bonds. The van der Waals surface area contributed by atoms with Crippen LogP contribution in [0.15, 0.2) is 48.5 Å². The van der Waals surface area contributed by atoms with Crippen LogP contribution in [0.2, 0.25) is 0 Å². The van der Waals surface area contributed by atoms with Crippen LogP contribution in [-0.2, 0) is 6.42 Å². The van der Waals surface area contributed by atoms with E-state index in [0.717, 1.165) is 43.6 Å². The normalized spacial score (nSPS) is 17.0. The number of nitrogens with zero attached hydrogens (tertiary/aromatic N) is 1. The van der Waals surface area contributed by atoms with E-state index < -0.39 is 0 Å². The minimum absolute atomic E-state index is 0.366. The highest BCUT2D eigenvalue weighted by molar-refractivity contribution is 5.94. The van der Waals surface area contributed by atoms with Crippen LogP contribution in [0.5, 0.6) is 0 Å². The van der Waals surface area contributed by atoms with Crippen molar-refractivity contribution in [2.24, 2.45) is 5.73 Å². The first-order valence-electron chi connectivity index (χ1n) is 9.48. The molecule has 3 rings (SSSR count). The van der Waals surface area contributed by atoms with Gasteiger partial charge in [-0.05, 0) is 62.4 Å². The van der Waals surface area contributed by atoms with E-state index in [2.05, 4.69) is 47.5 Å². The maximum Gasteiger partial charge on any atom is 0.248 e. The molecular formula is C22H29N3O. The standard InChI is InChI=1S/C22H29N3O/c1-16-14-20(8-9-21(16)22(23)26)24-19-10-12-25(13-11-19)17(2)15-18-6-4-3-5-7-18/h3-9,14,17,19,24H,10-13,15H2,1-2H3,(H2,23,26). The Hall–Kier alpha value is -2.33. The highest BCUT2D eigenvalue weighted by Crippen LogP contribution is 2.21. The number of piperidine rings is 1. The second-order valence-electron chi connectivity index (χ2n) is 7.39. The molecule has 1 aliphatic heterocycles. The summed E-state index contributed by atoms with van der Waals surface area (Å²) in [5.41, 5.74) is 9.39. The Labute approximate surface area is 156 Å². The molecule has 0 aromatic heterocycles. The number of nitrogens with one attached hydrogen (secondary N) is 1. The van der Waals surface area contributed by atoms with Crippen LogP contribution in [0.25, 0.3) is 0 Å². The van der Waals surface area contributed by atoms with Crippen LogP contribution in [-0.4, -0.2) is 36.0 Å². The van der Waals surface area contributed by atoms with Crippen LogP contribution in [0.1, 0.15) is 41.3 Å². The molecule has 2 aromatic rings. The van der Waals surface area contributed by atoms with Gasteiger partial charge in [0.05, 0.1) is 0 Å². The Balaban J connectivity index is 1.50. The number of aryl methyl sites for hydroxylation is 1. The molecule has 138 valence electrons. The fourth-order valence-corrected chi connectivity index (χ4v) is 3.83. The molecular weight excluding hydrogens is 322 g/mol. The van der Waals surface area contributed by atoms with Gasteiger partial charge in [-0.3, -0.25) is 4.79 Å². The van der Waals surface area contributed by atoms with E-state index in [1.165, 1.54) is 5.56 Å². The third kappa shape index (κ3) is 4.64. The van der Waals surface area contributed by atoms with Gasteiger partial charge >= 0.3 is 0 Å². The Morgan fingerprint density at radius 3 is 2.50 bits per heavy atom. The lowest BCUT2D eigenvalue weighted by atomic mass is 9.99. The molecule has 0 aliphatic carbocycles. The van der Waals surface area contributed by atoms with E-state index in [1.54, 1.807) is 0 Å². The molecule has 1 heterocycles. The number of likely N-dealkylation sites (tertiary alicyclic amines) is 1. The van der Waals surface area contributed by atoms with Crippen molar-refractivity contribution in [3.8, 4) is 0 Å². The summed E-state index contributed by atoms with van der Waals surface area (Å²) in [6.07, 6.45) is 3.37. The monoisotopic (exact) mass is 351 g/mol. The molecule has 0 spiro atoms. The van der Waals surface area contributed by atoms with Crippen molar-refractivity contribution in [1.29, 1.82) is 0 Å². The van der Waals surface area contributed by atoms with Crippen LogP contribution >= 0.6 is 0 Å². The average molecular weight is 351 g/mol. The number of anilines is 1. The van der Waals surface area contributed by atoms with Crippen molar-refractivity contribution in [3.63, 3.8) is 0 Å². The lowest BCUT2D eigenvalue weighted by Gasteiger charge is -2.36. The zero-order valence-corrected chi connectivity index (χ0v) is 15.7. The SMILES string of the molecule is Cc1cc(NC2CCN(C(C)Cc3ccccc3)CC2)ccc1C(N)=O. The summed E-state index contributed by atoms with van der Waals surface area (Å²) in [7, 11) is 0. The molecule has 0 saturated carbocycles. The van der Waals surface area contributed by atoms with Crippen molar-refractivity contribution in [1.82, 2.24) is 4.90 Å². The minimum atomic E-state index is -0.366. The molecule has 3 N–H and O–H groups in total. The Bertz CT molecular complexity index is 736. The van der Waals surface area contributed by atoms with Gasteiger partial charge in [0.25, 0.3) is 0 Å². The van der Waals surface area contributed by atoms with E-state index in [0.29, 0.717) is 17.6 Å². The van der Waals surface area contributed by atoms with Crippen LogP contribution in [0, 0.1) is 6.92 Å².